The van der Waals surface area contributed by atoms with Crippen LogP contribution in [-0.4, -0.2) is 34.5 Å². The number of hydrogen-bond acceptors (Lipinski definition) is 6. The number of nitrogens with two attached hydrogens (primary N) is 1. The number of esters is 1. The summed E-state index contributed by atoms with van der Waals surface area (Å²) in [5.74, 6) is -5.29. The highest BCUT2D eigenvalue weighted by molar-refractivity contribution is 6.22. The van der Waals surface area contributed by atoms with Crippen molar-refractivity contribution in [1.29, 1.82) is 0 Å². The maximum absolute atomic E-state index is 11.9. The minimum atomic E-state index is -1.31. The average Bonchev–Trinajstić information content (AvgIpc) is 2.47. The number of carbonyl (C=O) groups excluding carboxylic acids is 3. The fraction of sp³-hybridized carbons (Fsp3) is 0.188. The molecule has 1 rings (SSSR count). The van der Waals surface area contributed by atoms with Crippen LogP contribution < -0.4 is 5.73 Å². The van der Waals surface area contributed by atoms with Gasteiger partial charge in [0.25, 0.3) is 5.91 Å². The van der Waals surface area contributed by atoms with Crippen LogP contribution >= 0.6 is 0 Å². The lowest BCUT2D eigenvalue weighted by molar-refractivity contribution is -0.140. The largest absolute Gasteiger partial charge is 0.507 e. The second kappa shape index (κ2) is 7.79. The number of rotatable bonds is 6. The molecule has 1 amide bonds. The summed E-state index contributed by atoms with van der Waals surface area (Å²) in [7, 11) is 0. The molecule has 0 atom stereocenters. The summed E-state index contributed by atoms with van der Waals surface area (Å²) < 4.78 is 4.55. The third-order valence-corrected chi connectivity index (χ3v) is 2.81. The van der Waals surface area contributed by atoms with Crippen LogP contribution in [0.2, 0.25) is 0 Å². The molecule has 1 aromatic rings. The van der Waals surface area contributed by atoms with Crippen LogP contribution in [0.4, 0.5) is 0 Å². The van der Waals surface area contributed by atoms with Gasteiger partial charge in [-0.1, -0.05) is 29.8 Å². The van der Waals surface area contributed by atoms with Crippen molar-refractivity contribution < 1.29 is 29.3 Å². The van der Waals surface area contributed by atoms with Crippen LogP contribution in [0, 0.1) is 6.92 Å². The first-order chi connectivity index (χ1) is 10.8. The Morgan fingerprint density at radius 1 is 1.17 bits per heavy atom. The van der Waals surface area contributed by atoms with E-state index in [4.69, 9.17) is 5.73 Å². The summed E-state index contributed by atoms with van der Waals surface area (Å²) in [5, 5.41) is 19.6. The Balaban J connectivity index is 3.16. The summed E-state index contributed by atoms with van der Waals surface area (Å²) in [6.45, 7) is 3.27. The number of ether oxygens (including phenoxy) is 1. The van der Waals surface area contributed by atoms with E-state index in [1.165, 1.54) is 6.92 Å². The van der Waals surface area contributed by atoms with E-state index in [0.29, 0.717) is 11.6 Å². The zero-order valence-electron chi connectivity index (χ0n) is 12.7. The van der Waals surface area contributed by atoms with Crippen molar-refractivity contribution >= 4 is 23.4 Å². The van der Waals surface area contributed by atoms with Gasteiger partial charge in [-0.15, -0.1) is 0 Å². The van der Waals surface area contributed by atoms with Crippen LogP contribution in [0.15, 0.2) is 41.7 Å². The summed E-state index contributed by atoms with van der Waals surface area (Å²) in [6, 6.07) is 6.56. The topological polar surface area (TPSA) is 127 Å². The average molecular weight is 319 g/mol. The van der Waals surface area contributed by atoms with Gasteiger partial charge in [0.05, 0.1) is 6.61 Å². The van der Waals surface area contributed by atoms with Crippen molar-refractivity contribution in [1.82, 2.24) is 0 Å². The van der Waals surface area contributed by atoms with Gasteiger partial charge in [-0.3, -0.25) is 9.59 Å². The predicted octanol–water partition coefficient (Wildman–Crippen LogP) is 1.32. The molecule has 0 aliphatic carbocycles. The van der Waals surface area contributed by atoms with E-state index in [9.17, 15) is 24.6 Å². The van der Waals surface area contributed by atoms with Crippen LogP contribution in [0.5, 0.6) is 0 Å². The number of allylic oxidation sites excluding steroid dienone is 1. The molecule has 7 heteroatoms. The van der Waals surface area contributed by atoms with Crippen molar-refractivity contribution in [3.63, 3.8) is 0 Å². The van der Waals surface area contributed by atoms with Crippen molar-refractivity contribution in [2.45, 2.75) is 13.8 Å². The first-order valence-corrected chi connectivity index (χ1v) is 6.70. The van der Waals surface area contributed by atoms with E-state index in [-0.39, 0.29) is 6.61 Å². The third kappa shape index (κ3) is 4.70. The molecule has 23 heavy (non-hydrogen) atoms. The van der Waals surface area contributed by atoms with Gasteiger partial charge in [-0.2, -0.15) is 0 Å². The summed E-state index contributed by atoms with van der Waals surface area (Å²) in [5.41, 5.74) is 5.28. The molecule has 4 N–H and O–H groups in total. The lowest BCUT2D eigenvalue weighted by atomic mass is 10.1. The van der Waals surface area contributed by atoms with Gasteiger partial charge in [-0.25, -0.2) is 4.79 Å². The molecule has 0 saturated heterocycles. The first-order valence-electron chi connectivity index (χ1n) is 6.70. The van der Waals surface area contributed by atoms with Crippen molar-refractivity contribution in [3.05, 3.63) is 52.8 Å². The highest BCUT2D eigenvalue weighted by Gasteiger charge is 2.26. The lowest BCUT2D eigenvalue weighted by Crippen LogP contribution is -2.26. The monoisotopic (exact) mass is 319 g/mol. The molecule has 0 heterocycles. The Hall–Kier alpha value is -3.09. The molecule has 0 saturated carbocycles. The molecule has 1 aromatic carbocycles. The lowest BCUT2D eigenvalue weighted by Gasteiger charge is -2.05. The zero-order chi connectivity index (χ0) is 17.6. The van der Waals surface area contributed by atoms with E-state index in [0.717, 1.165) is 5.56 Å². The van der Waals surface area contributed by atoms with Crippen LogP contribution in [0.25, 0.3) is 5.76 Å². The van der Waals surface area contributed by atoms with Crippen molar-refractivity contribution in [2.24, 2.45) is 5.73 Å². The van der Waals surface area contributed by atoms with Crippen LogP contribution in [0.1, 0.15) is 18.1 Å². The van der Waals surface area contributed by atoms with Gasteiger partial charge in [-0.05, 0) is 13.8 Å². The SMILES string of the molecule is CCOC(=O)/C(C(N)=O)=C(\O)C(=O)/C=C(\O)c1ccc(C)cc1. The van der Waals surface area contributed by atoms with Gasteiger partial charge >= 0.3 is 5.97 Å². The standard InChI is InChI=1S/C16H17NO6/c1-3-23-16(22)13(15(17)21)14(20)12(19)8-11(18)10-6-4-9(2)5-7-10/h4-8,18,20H,3H2,1-2H3,(H2,17,21)/b11-8-,14-13-. The molecule has 0 radical (unpaired) electrons. The molecular weight excluding hydrogens is 302 g/mol. The summed E-state index contributed by atoms with van der Waals surface area (Å²) in [6.07, 6.45) is 0.683. The Morgan fingerprint density at radius 2 is 1.74 bits per heavy atom. The normalized spacial score (nSPS) is 12.3. The Kier molecular flexibility index (Phi) is 6.08. The maximum Gasteiger partial charge on any atom is 0.347 e. The number of aliphatic hydroxyl groups is 2. The second-order valence-electron chi connectivity index (χ2n) is 4.57. The van der Waals surface area contributed by atoms with E-state index in [2.05, 4.69) is 4.74 Å². The first kappa shape index (κ1) is 18.0. The smallest absolute Gasteiger partial charge is 0.347 e. The molecule has 0 aliphatic rings. The van der Waals surface area contributed by atoms with Gasteiger partial charge in [0.2, 0.25) is 5.78 Å². The molecule has 122 valence electrons. The Bertz CT molecular complexity index is 685. The number of amides is 1. The van der Waals surface area contributed by atoms with Gasteiger partial charge in [0.15, 0.2) is 11.3 Å². The van der Waals surface area contributed by atoms with E-state index >= 15 is 0 Å². The molecular formula is C16H17NO6. The molecule has 0 fully saturated rings. The molecule has 0 aromatic heterocycles. The fourth-order valence-electron chi connectivity index (χ4n) is 1.64. The minimum Gasteiger partial charge on any atom is -0.507 e. The second-order valence-corrected chi connectivity index (χ2v) is 4.57. The maximum atomic E-state index is 11.9. The van der Waals surface area contributed by atoms with Crippen LogP contribution in [-0.2, 0) is 19.1 Å². The number of primary amides is 1. The quantitative estimate of drug-likeness (QED) is 0.239. The Labute approximate surface area is 132 Å². The van der Waals surface area contributed by atoms with Gasteiger partial charge in [0, 0.05) is 11.6 Å². The highest BCUT2D eigenvalue weighted by atomic mass is 16.5. The zero-order valence-corrected chi connectivity index (χ0v) is 12.7. The van der Waals surface area contributed by atoms with E-state index < -0.39 is 34.8 Å². The van der Waals surface area contributed by atoms with Gasteiger partial charge in [0.1, 0.15) is 5.76 Å². The third-order valence-electron chi connectivity index (χ3n) is 2.81. The molecule has 7 nitrogen and oxygen atoms in total. The predicted molar refractivity (Wildman–Crippen MR) is 82.3 cm³/mol. The van der Waals surface area contributed by atoms with E-state index in [1.54, 1.807) is 24.3 Å². The summed E-state index contributed by atoms with van der Waals surface area (Å²) >= 11 is 0. The fourth-order valence-corrected chi connectivity index (χ4v) is 1.64. The highest BCUT2D eigenvalue weighted by Crippen LogP contribution is 2.14. The van der Waals surface area contributed by atoms with E-state index in [1.807, 2.05) is 6.92 Å². The van der Waals surface area contributed by atoms with Crippen molar-refractivity contribution in [3.8, 4) is 0 Å². The molecule has 0 unspecified atom stereocenters. The number of aryl methyl sites for hydroxylation is 1. The number of benzene rings is 1. The number of hydrogen-bond donors (Lipinski definition) is 3. The minimum absolute atomic E-state index is 0.0679. The van der Waals surface area contributed by atoms with Crippen LogP contribution in [0.3, 0.4) is 0 Å². The number of aliphatic hydroxyl groups excluding tert-OH is 2. The Morgan fingerprint density at radius 3 is 2.22 bits per heavy atom. The molecule has 0 aliphatic heterocycles. The van der Waals surface area contributed by atoms with Crippen molar-refractivity contribution in [2.75, 3.05) is 6.61 Å². The molecule has 0 bridgehead atoms. The van der Waals surface area contributed by atoms with Gasteiger partial charge < -0.3 is 20.7 Å². The number of ketones is 1. The summed E-state index contributed by atoms with van der Waals surface area (Å²) in [4.78, 5) is 34.7. The number of carbonyl (C=O) groups is 3. The molecule has 0 spiro atoms.